The zero-order chi connectivity index (χ0) is 20.2. The predicted molar refractivity (Wildman–Crippen MR) is 104 cm³/mol. The lowest BCUT2D eigenvalue weighted by atomic mass is 9.85. The molecule has 0 spiro atoms. The van der Waals surface area contributed by atoms with Crippen LogP contribution in [0.5, 0.6) is 0 Å². The molecular weight excluding hydrogens is 368 g/mol. The quantitative estimate of drug-likeness (QED) is 0.655. The van der Waals surface area contributed by atoms with Gasteiger partial charge in [-0.05, 0) is 63.1 Å². The van der Waals surface area contributed by atoms with Gasteiger partial charge < -0.3 is 10.4 Å². The molecule has 1 aliphatic carbocycles. The Morgan fingerprint density at radius 1 is 1.11 bits per heavy atom. The molecule has 0 saturated heterocycles. The largest absolute Gasteiger partial charge is 0.481 e. The number of carbonyl (C=O) groups is 2. The van der Waals surface area contributed by atoms with Gasteiger partial charge >= 0.3 is 5.97 Å². The van der Waals surface area contributed by atoms with Gasteiger partial charge in [0.05, 0.1) is 5.41 Å². The molecule has 0 unspecified atom stereocenters. The number of carboxylic acids is 1. The van der Waals surface area contributed by atoms with Crippen LogP contribution < -0.4 is 10.0 Å². The molecule has 7 nitrogen and oxygen atoms in total. The molecule has 0 heterocycles. The Morgan fingerprint density at radius 3 is 2.19 bits per heavy atom. The lowest BCUT2D eigenvalue weighted by molar-refractivity contribution is -0.142. The van der Waals surface area contributed by atoms with Gasteiger partial charge in [0.15, 0.2) is 0 Å². The Balaban J connectivity index is 1.92. The van der Waals surface area contributed by atoms with Crippen molar-refractivity contribution < 1.29 is 23.1 Å². The van der Waals surface area contributed by atoms with Crippen molar-refractivity contribution in [2.24, 2.45) is 5.92 Å². The van der Waals surface area contributed by atoms with Crippen LogP contribution in [0, 0.1) is 5.92 Å². The summed E-state index contributed by atoms with van der Waals surface area (Å²) in [6.07, 6.45) is 3.56. The third kappa shape index (κ3) is 6.04. The Labute approximate surface area is 160 Å². The third-order valence-electron chi connectivity index (χ3n) is 5.11. The van der Waals surface area contributed by atoms with Gasteiger partial charge in [-0.15, -0.1) is 0 Å². The van der Waals surface area contributed by atoms with Crippen LogP contribution in [0.2, 0.25) is 0 Å². The molecular formula is C19H28N2O5S. The number of amides is 1. The van der Waals surface area contributed by atoms with E-state index < -0.39 is 33.1 Å². The Kier molecular flexibility index (Phi) is 6.64. The van der Waals surface area contributed by atoms with Gasteiger partial charge in [-0.3, -0.25) is 9.59 Å². The molecule has 1 aromatic carbocycles. The van der Waals surface area contributed by atoms with Crippen LogP contribution in [-0.2, 0) is 25.0 Å². The molecule has 0 atom stereocenters. The summed E-state index contributed by atoms with van der Waals surface area (Å²) in [5.41, 5.74) is -0.0340. The van der Waals surface area contributed by atoms with Crippen LogP contribution in [0.4, 0.5) is 5.69 Å². The van der Waals surface area contributed by atoms with Crippen molar-refractivity contribution in [1.29, 1.82) is 0 Å². The van der Waals surface area contributed by atoms with Crippen LogP contribution >= 0.6 is 0 Å². The summed E-state index contributed by atoms with van der Waals surface area (Å²) in [6.45, 7) is 5.33. The number of rotatable bonds is 7. The minimum atomic E-state index is -3.70. The van der Waals surface area contributed by atoms with Crippen molar-refractivity contribution in [2.75, 3.05) is 11.1 Å². The smallest absolute Gasteiger partial charge is 0.313 e. The summed E-state index contributed by atoms with van der Waals surface area (Å²) in [7, 11) is -3.70. The zero-order valence-electron chi connectivity index (χ0n) is 16.0. The van der Waals surface area contributed by atoms with Crippen LogP contribution in [0.15, 0.2) is 24.3 Å². The van der Waals surface area contributed by atoms with Crippen molar-refractivity contribution in [2.45, 2.75) is 57.9 Å². The first kappa shape index (κ1) is 21.4. The van der Waals surface area contributed by atoms with E-state index in [1.807, 2.05) is 0 Å². The van der Waals surface area contributed by atoms with Crippen molar-refractivity contribution in [3.63, 3.8) is 0 Å². The number of nitrogens with one attached hydrogen (secondary N) is 2. The number of hydrogen-bond acceptors (Lipinski definition) is 4. The zero-order valence-corrected chi connectivity index (χ0v) is 16.8. The van der Waals surface area contributed by atoms with E-state index in [0.29, 0.717) is 17.2 Å². The topological polar surface area (TPSA) is 113 Å². The number of anilines is 1. The molecule has 0 aliphatic heterocycles. The molecule has 0 bridgehead atoms. The van der Waals surface area contributed by atoms with Gasteiger partial charge in [-0.1, -0.05) is 19.1 Å². The van der Waals surface area contributed by atoms with Crippen molar-refractivity contribution in [3.8, 4) is 0 Å². The van der Waals surface area contributed by atoms with Gasteiger partial charge in [-0.2, -0.15) is 0 Å². The molecule has 150 valence electrons. The second-order valence-electron chi connectivity index (χ2n) is 7.89. The van der Waals surface area contributed by atoms with Gasteiger partial charge in [0.2, 0.25) is 15.9 Å². The minimum absolute atomic E-state index is 0.100. The summed E-state index contributed by atoms with van der Waals surface area (Å²) in [4.78, 5) is 23.4. The molecule has 3 N–H and O–H groups in total. The summed E-state index contributed by atoms with van der Waals surface area (Å²) in [5.74, 6) is -1.60. The molecule has 1 aliphatic rings. The van der Waals surface area contributed by atoms with Crippen molar-refractivity contribution >= 4 is 27.6 Å². The SMILES string of the molecule is CC1CCC(NS(=O)(=O)CC(=O)Nc2ccc(C(C)(C)C(=O)O)cc2)CC1. The fourth-order valence-electron chi connectivity index (χ4n) is 3.14. The van der Waals surface area contributed by atoms with Crippen LogP contribution in [-0.4, -0.2) is 37.2 Å². The number of aliphatic carboxylic acids is 1. The third-order valence-corrected chi connectivity index (χ3v) is 6.44. The lowest BCUT2D eigenvalue weighted by Gasteiger charge is -2.26. The van der Waals surface area contributed by atoms with E-state index in [0.717, 1.165) is 25.7 Å². The van der Waals surface area contributed by atoms with Crippen molar-refractivity contribution in [1.82, 2.24) is 4.72 Å². The van der Waals surface area contributed by atoms with Crippen molar-refractivity contribution in [3.05, 3.63) is 29.8 Å². The van der Waals surface area contributed by atoms with Crippen LogP contribution in [0.3, 0.4) is 0 Å². The molecule has 0 aromatic heterocycles. The minimum Gasteiger partial charge on any atom is -0.481 e. The molecule has 2 rings (SSSR count). The normalized spacial score (nSPS) is 20.9. The first-order valence-corrected chi connectivity index (χ1v) is 10.8. The monoisotopic (exact) mass is 396 g/mol. The summed E-state index contributed by atoms with van der Waals surface area (Å²) in [6, 6.07) is 6.26. The number of carbonyl (C=O) groups excluding carboxylic acids is 1. The average molecular weight is 397 g/mol. The molecule has 0 radical (unpaired) electrons. The van der Waals surface area contributed by atoms with E-state index in [1.165, 1.54) is 0 Å². The standard InChI is InChI=1S/C19H28N2O5S/c1-13-4-8-16(9-5-13)21-27(25,26)12-17(22)20-15-10-6-14(7-11-15)19(2,3)18(23)24/h6-7,10-11,13,16,21H,4-5,8-9,12H2,1-3H3,(H,20,22)(H,23,24). The summed E-state index contributed by atoms with van der Waals surface area (Å²) < 4.78 is 27.0. The van der Waals surface area contributed by atoms with Gasteiger partial charge in [0.25, 0.3) is 0 Å². The Bertz CT molecular complexity index is 779. The molecule has 1 amide bonds. The van der Waals surface area contributed by atoms with Gasteiger partial charge in [0.1, 0.15) is 5.75 Å². The Morgan fingerprint density at radius 2 is 1.67 bits per heavy atom. The first-order valence-electron chi connectivity index (χ1n) is 9.13. The number of benzene rings is 1. The van der Waals surface area contributed by atoms with E-state index in [4.69, 9.17) is 0 Å². The second-order valence-corrected chi connectivity index (χ2v) is 9.64. The highest BCUT2D eigenvalue weighted by atomic mass is 32.2. The molecule has 1 saturated carbocycles. The number of hydrogen-bond donors (Lipinski definition) is 3. The molecule has 1 aromatic rings. The summed E-state index contributed by atoms with van der Waals surface area (Å²) in [5, 5.41) is 11.8. The Hall–Kier alpha value is -1.93. The van der Waals surface area contributed by atoms with E-state index in [-0.39, 0.29) is 6.04 Å². The van der Waals surface area contributed by atoms with Gasteiger partial charge in [0, 0.05) is 11.7 Å². The van der Waals surface area contributed by atoms with Crippen LogP contribution in [0.1, 0.15) is 52.0 Å². The maximum absolute atomic E-state index is 12.2. The number of carboxylic acid groups (broad SMARTS) is 1. The highest BCUT2D eigenvalue weighted by Gasteiger charge is 2.29. The maximum Gasteiger partial charge on any atom is 0.313 e. The number of sulfonamides is 1. The first-order chi connectivity index (χ1) is 12.5. The molecule has 8 heteroatoms. The second kappa shape index (κ2) is 8.39. The maximum atomic E-state index is 12.2. The average Bonchev–Trinajstić information content (AvgIpc) is 2.56. The fourth-order valence-corrected chi connectivity index (χ4v) is 4.38. The van der Waals surface area contributed by atoms with E-state index >= 15 is 0 Å². The fraction of sp³-hybridized carbons (Fsp3) is 0.579. The summed E-state index contributed by atoms with van der Waals surface area (Å²) >= 11 is 0. The van der Waals surface area contributed by atoms with Crippen LogP contribution in [0.25, 0.3) is 0 Å². The predicted octanol–water partition coefficient (Wildman–Crippen LogP) is 2.49. The highest BCUT2D eigenvalue weighted by Crippen LogP contribution is 2.25. The molecule has 1 fully saturated rings. The van der Waals surface area contributed by atoms with E-state index in [2.05, 4.69) is 17.0 Å². The molecule has 27 heavy (non-hydrogen) atoms. The lowest BCUT2D eigenvalue weighted by Crippen LogP contribution is -2.41. The highest BCUT2D eigenvalue weighted by molar-refractivity contribution is 7.90. The van der Waals surface area contributed by atoms with E-state index in [1.54, 1.807) is 38.1 Å². The van der Waals surface area contributed by atoms with E-state index in [9.17, 15) is 23.1 Å². The van der Waals surface area contributed by atoms with Gasteiger partial charge in [-0.25, -0.2) is 13.1 Å².